The molecule has 1 saturated heterocycles. The van der Waals surface area contributed by atoms with Crippen molar-refractivity contribution in [3.8, 4) is 0 Å². The van der Waals surface area contributed by atoms with Gasteiger partial charge in [-0.15, -0.1) is 0 Å². The van der Waals surface area contributed by atoms with Crippen LogP contribution in [0.3, 0.4) is 0 Å². The van der Waals surface area contributed by atoms with Crippen molar-refractivity contribution < 1.29 is 4.79 Å². The van der Waals surface area contributed by atoms with Crippen LogP contribution in [-0.4, -0.2) is 11.9 Å². The Balaban J connectivity index is 2.06. The van der Waals surface area contributed by atoms with Crippen molar-refractivity contribution >= 4 is 5.91 Å². The minimum atomic E-state index is 0.212. The van der Waals surface area contributed by atoms with Crippen LogP contribution in [0.1, 0.15) is 26.2 Å². The van der Waals surface area contributed by atoms with Crippen molar-refractivity contribution in [1.82, 2.24) is 5.32 Å². The molecular formula is C6H11NO. The Morgan fingerprint density at radius 1 is 1.88 bits per heavy atom. The van der Waals surface area contributed by atoms with Crippen LogP contribution in [0.4, 0.5) is 0 Å². The number of rotatable bonds is 2. The maximum Gasteiger partial charge on any atom is 0.222 e. The van der Waals surface area contributed by atoms with E-state index in [1.807, 2.05) is 0 Å². The van der Waals surface area contributed by atoms with Crippen molar-refractivity contribution in [3.05, 3.63) is 0 Å². The second-order valence-electron chi connectivity index (χ2n) is 2.26. The second-order valence-corrected chi connectivity index (χ2v) is 2.26. The molecule has 0 aromatic rings. The fourth-order valence-electron chi connectivity index (χ4n) is 0.953. The number of hydrogen-bond acceptors (Lipinski definition) is 1. The van der Waals surface area contributed by atoms with Gasteiger partial charge in [-0.25, -0.2) is 0 Å². The van der Waals surface area contributed by atoms with E-state index in [1.54, 1.807) is 0 Å². The molecule has 1 heterocycles. The number of hydrogen-bond donors (Lipinski definition) is 1. The standard InChI is InChI=1S/C6H11NO/c1-2-3-5-4-6(8)7-5/h5H,2-4H2,1H3,(H,7,8)/t5-/m0/s1. The number of carbonyl (C=O) groups excluding carboxylic acids is 1. The number of carbonyl (C=O) groups is 1. The summed E-state index contributed by atoms with van der Waals surface area (Å²) in [6.45, 7) is 2.13. The fourth-order valence-corrected chi connectivity index (χ4v) is 0.953. The van der Waals surface area contributed by atoms with Crippen LogP contribution in [0.5, 0.6) is 0 Å². The smallest absolute Gasteiger partial charge is 0.222 e. The van der Waals surface area contributed by atoms with Gasteiger partial charge < -0.3 is 5.32 Å². The Kier molecular flexibility index (Phi) is 1.51. The molecule has 1 fully saturated rings. The molecule has 0 spiro atoms. The fraction of sp³-hybridized carbons (Fsp3) is 0.833. The molecule has 1 N–H and O–H groups in total. The molecule has 1 aliphatic rings. The molecule has 0 aromatic heterocycles. The summed E-state index contributed by atoms with van der Waals surface area (Å²) >= 11 is 0. The summed E-state index contributed by atoms with van der Waals surface area (Å²) in [5.41, 5.74) is 0. The third kappa shape index (κ3) is 0.997. The normalized spacial score (nSPS) is 26.6. The average Bonchev–Trinajstić information content (AvgIpc) is 1.64. The van der Waals surface area contributed by atoms with Gasteiger partial charge in [0.25, 0.3) is 0 Å². The minimum absolute atomic E-state index is 0.212. The van der Waals surface area contributed by atoms with Gasteiger partial charge in [-0.2, -0.15) is 0 Å². The molecule has 2 nitrogen and oxygen atoms in total. The van der Waals surface area contributed by atoms with Gasteiger partial charge in [0, 0.05) is 12.5 Å². The molecule has 0 aliphatic carbocycles. The van der Waals surface area contributed by atoms with Gasteiger partial charge in [-0.1, -0.05) is 13.3 Å². The molecule has 8 heavy (non-hydrogen) atoms. The number of amides is 1. The largest absolute Gasteiger partial charge is 0.353 e. The summed E-state index contributed by atoms with van der Waals surface area (Å²) in [4.78, 5) is 10.3. The Morgan fingerprint density at radius 2 is 2.50 bits per heavy atom. The van der Waals surface area contributed by atoms with Crippen LogP contribution < -0.4 is 5.32 Å². The van der Waals surface area contributed by atoms with Gasteiger partial charge in [-0.3, -0.25) is 4.79 Å². The molecule has 2 heteroatoms. The lowest BCUT2D eigenvalue weighted by Gasteiger charge is -2.25. The molecule has 1 rings (SSSR count). The molecule has 46 valence electrons. The van der Waals surface area contributed by atoms with Crippen molar-refractivity contribution in [2.24, 2.45) is 0 Å². The van der Waals surface area contributed by atoms with Gasteiger partial charge in [-0.05, 0) is 6.42 Å². The Labute approximate surface area is 49.3 Å². The first-order chi connectivity index (χ1) is 3.83. The van der Waals surface area contributed by atoms with Gasteiger partial charge in [0.2, 0.25) is 5.91 Å². The van der Waals surface area contributed by atoms with Gasteiger partial charge in [0.1, 0.15) is 0 Å². The quantitative estimate of drug-likeness (QED) is 0.524. The van der Waals surface area contributed by atoms with E-state index in [0.29, 0.717) is 6.04 Å². The third-order valence-electron chi connectivity index (χ3n) is 1.43. The first-order valence-corrected chi connectivity index (χ1v) is 3.12. The van der Waals surface area contributed by atoms with Crippen molar-refractivity contribution in [3.63, 3.8) is 0 Å². The highest BCUT2D eigenvalue weighted by molar-refractivity contribution is 5.82. The van der Waals surface area contributed by atoms with Crippen molar-refractivity contribution in [2.45, 2.75) is 32.2 Å². The summed E-state index contributed by atoms with van der Waals surface area (Å²) in [5, 5.41) is 2.80. The van der Waals surface area contributed by atoms with Gasteiger partial charge in [0.15, 0.2) is 0 Å². The van der Waals surface area contributed by atoms with Crippen LogP contribution in [0.2, 0.25) is 0 Å². The summed E-state index contributed by atoms with van der Waals surface area (Å²) in [5.74, 6) is 0.212. The summed E-state index contributed by atoms with van der Waals surface area (Å²) in [7, 11) is 0. The van der Waals surface area contributed by atoms with Crippen LogP contribution in [0.25, 0.3) is 0 Å². The first kappa shape index (κ1) is 5.60. The SMILES string of the molecule is CCC[C@H]1CC(=O)N1. The lowest BCUT2D eigenvalue weighted by Crippen LogP contribution is -2.48. The zero-order valence-electron chi connectivity index (χ0n) is 5.11. The Morgan fingerprint density at radius 3 is 2.88 bits per heavy atom. The Bertz CT molecular complexity index is 92.7. The van der Waals surface area contributed by atoms with Gasteiger partial charge in [0.05, 0.1) is 0 Å². The van der Waals surface area contributed by atoms with Gasteiger partial charge >= 0.3 is 0 Å². The monoisotopic (exact) mass is 113 g/mol. The maximum absolute atomic E-state index is 10.3. The van der Waals surface area contributed by atoms with E-state index >= 15 is 0 Å². The highest BCUT2D eigenvalue weighted by Gasteiger charge is 2.23. The molecule has 0 bridgehead atoms. The van der Waals surface area contributed by atoms with E-state index in [0.717, 1.165) is 12.8 Å². The zero-order valence-corrected chi connectivity index (χ0v) is 5.11. The van der Waals surface area contributed by atoms with E-state index in [1.165, 1.54) is 6.42 Å². The highest BCUT2D eigenvalue weighted by atomic mass is 16.2. The molecule has 0 unspecified atom stereocenters. The first-order valence-electron chi connectivity index (χ1n) is 3.12. The van der Waals surface area contributed by atoms with Crippen LogP contribution in [-0.2, 0) is 4.79 Å². The minimum Gasteiger partial charge on any atom is -0.353 e. The topological polar surface area (TPSA) is 29.1 Å². The summed E-state index contributed by atoms with van der Waals surface area (Å²) in [6.07, 6.45) is 3.07. The molecule has 0 radical (unpaired) electrons. The van der Waals surface area contributed by atoms with Crippen molar-refractivity contribution in [2.75, 3.05) is 0 Å². The molecule has 0 saturated carbocycles. The molecule has 0 aromatic carbocycles. The summed E-state index contributed by atoms with van der Waals surface area (Å²) in [6, 6.07) is 0.507. The van der Waals surface area contributed by atoms with Crippen LogP contribution >= 0.6 is 0 Å². The maximum atomic E-state index is 10.3. The van der Waals surface area contributed by atoms with Crippen LogP contribution in [0.15, 0.2) is 0 Å². The zero-order chi connectivity index (χ0) is 5.98. The number of nitrogens with one attached hydrogen (secondary N) is 1. The van der Waals surface area contributed by atoms with Crippen LogP contribution in [0, 0.1) is 0 Å². The van der Waals surface area contributed by atoms with E-state index < -0.39 is 0 Å². The third-order valence-corrected chi connectivity index (χ3v) is 1.43. The lowest BCUT2D eigenvalue weighted by molar-refractivity contribution is -0.128. The average molecular weight is 113 g/mol. The molecule has 1 amide bonds. The molecule has 1 atom stereocenters. The van der Waals surface area contributed by atoms with E-state index in [4.69, 9.17) is 0 Å². The summed E-state index contributed by atoms with van der Waals surface area (Å²) < 4.78 is 0. The predicted molar refractivity (Wildman–Crippen MR) is 31.5 cm³/mol. The lowest BCUT2D eigenvalue weighted by atomic mass is 10.0. The van der Waals surface area contributed by atoms with Crippen molar-refractivity contribution in [1.29, 1.82) is 0 Å². The van der Waals surface area contributed by atoms with E-state index in [-0.39, 0.29) is 5.91 Å². The molecular weight excluding hydrogens is 102 g/mol. The highest BCUT2D eigenvalue weighted by Crippen LogP contribution is 2.09. The predicted octanol–water partition coefficient (Wildman–Crippen LogP) is 0.675. The molecule has 1 aliphatic heterocycles. The van der Waals surface area contributed by atoms with E-state index in [2.05, 4.69) is 12.2 Å². The van der Waals surface area contributed by atoms with E-state index in [9.17, 15) is 4.79 Å². The second kappa shape index (κ2) is 2.16. The Hall–Kier alpha value is -0.530. The number of β-lactam (4-membered cyclic amide) rings is 1.